The van der Waals surface area contributed by atoms with E-state index in [0.717, 1.165) is 24.9 Å². The van der Waals surface area contributed by atoms with Crippen LogP contribution in [0.4, 0.5) is 10.5 Å². The van der Waals surface area contributed by atoms with Crippen molar-refractivity contribution in [2.24, 2.45) is 5.92 Å². The number of anilines is 1. The maximum atomic E-state index is 12.4. The Bertz CT molecular complexity index is 688. The molecule has 0 saturated carbocycles. The Morgan fingerprint density at radius 3 is 2.76 bits per heavy atom. The van der Waals surface area contributed by atoms with Crippen LogP contribution in [0, 0.1) is 5.92 Å². The second-order valence-corrected chi connectivity index (χ2v) is 7.23. The van der Waals surface area contributed by atoms with Crippen LogP contribution in [0.2, 0.25) is 0 Å². The van der Waals surface area contributed by atoms with Gasteiger partial charge in [0.15, 0.2) is 0 Å². The standard InChI is InChI=1S/C19H23N3O2S/c23-18(20-11-10-17-9-5-13-25-17)15-6-4-12-22(14-15)19(24)21-16-7-2-1-3-8-16/h1-3,5,7-9,13,15H,4,6,10-12,14H2,(H,20,23)(H,21,24)/t15-/m0/s1. The second kappa shape index (κ2) is 8.67. The van der Waals surface area contributed by atoms with Gasteiger partial charge in [0.05, 0.1) is 5.92 Å². The topological polar surface area (TPSA) is 61.4 Å². The Balaban J connectivity index is 1.46. The number of urea groups is 1. The molecule has 2 aromatic rings. The lowest BCUT2D eigenvalue weighted by Gasteiger charge is -2.32. The maximum absolute atomic E-state index is 12.4. The van der Waals surface area contributed by atoms with Crippen LogP contribution in [0.1, 0.15) is 17.7 Å². The summed E-state index contributed by atoms with van der Waals surface area (Å²) in [6, 6.07) is 13.4. The van der Waals surface area contributed by atoms with Gasteiger partial charge in [-0.05, 0) is 42.8 Å². The van der Waals surface area contributed by atoms with Gasteiger partial charge in [0.25, 0.3) is 0 Å². The average Bonchev–Trinajstić information content (AvgIpc) is 3.16. The van der Waals surface area contributed by atoms with Crippen LogP contribution in [0.15, 0.2) is 47.8 Å². The molecule has 0 aliphatic carbocycles. The van der Waals surface area contributed by atoms with Crippen LogP contribution < -0.4 is 10.6 Å². The first kappa shape index (κ1) is 17.5. The SMILES string of the molecule is O=C(NCCc1cccs1)[C@H]1CCCN(C(=O)Nc2ccccc2)C1. The van der Waals surface area contributed by atoms with Crippen LogP contribution in [-0.4, -0.2) is 36.5 Å². The fraction of sp³-hybridized carbons (Fsp3) is 0.368. The largest absolute Gasteiger partial charge is 0.355 e. The molecule has 0 spiro atoms. The number of thiophene rings is 1. The average molecular weight is 357 g/mol. The molecule has 2 N–H and O–H groups in total. The Labute approximate surface area is 152 Å². The highest BCUT2D eigenvalue weighted by molar-refractivity contribution is 7.09. The van der Waals surface area contributed by atoms with Crippen LogP contribution in [0.5, 0.6) is 0 Å². The molecule has 1 fully saturated rings. The van der Waals surface area contributed by atoms with Crippen molar-refractivity contribution < 1.29 is 9.59 Å². The maximum Gasteiger partial charge on any atom is 0.321 e. The van der Waals surface area contributed by atoms with Gasteiger partial charge < -0.3 is 15.5 Å². The van der Waals surface area contributed by atoms with E-state index in [2.05, 4.69) is 16.7 Å². The van der Waals surface area contributed by atoms with Crippen molar-refractivity contribution in [1.82, 2.24) is 10.2 Å². The third-order valence-corrected chi connectivity index (χ3v) is 5.29. The molecule has 1 aliphatic rings. The Hall–Kier alpha value is -2.34. The number of likely N-dealkylation sites (tertiary alicyclic amines) is 1. The number of amides is 3. The lowest BCUT2D eigenvalue weighted by molar-refractivity contribution is -0.126. The van der Waals surface area contributed by atoms with Crippen molar-refractivity contribution in [3.05, 3.63) is 52.7 Å². The highest BCUT2D eigenvalue weighted by atomic mass is 32.1. The second-order valence-electron chi connectivity index (χ2n) is 6.20. The lowest BCUT2D eigenvalue weighted by Crippen LogP contribution is -2.47. The molecule has 25 heavy (non-hydrogen) atoms. The molecule has 2 heterocycles. The predicted octanol–water partition coefficient (Wildman–Crippen LogP) is 3.35. The van der Waals surface area contributed by atoms with E-state index in [4.69, 9.17) is 0 Å². The van der Waals surface area contributed by atoms with E-state index in [-0.39, 0.29) is 17.9 Å². The summed E-state index contributed by atoms with van der Waals surface area (Å²) in [6.45, 7) is 1.81. The molecule has 0 unspecified atom stereocenters. The van der Waals surface area contributed by atoms with E-state index < -0.39 is 0 Å². The minimum Gasteiger partial charge on any atom is -0.355 e. The number of nitrogens with one attached hydrogen (secondary N) is 2. The van der Waals surface area contributed by atoms with Crippen LogP contribution in [0.3, 0.4) is 0 Å². The summed E-state index contributed by atoms with van der Waals surface area (Å²) in [5.41, 5.74) is 0.773. The summed E-state index contributed by atoms with van der Waals surface area (Å²) < 4.78 is 0. The van der Waals surface area contributed by atoms with Crippen molar-refractivity contribution >= 4 is 29.0 Å². The number of rotatable bonds is 5. The fourth-order valence-electron chi connectivity index (χ4n) is 3.01. The molecular formula is C19H23N3O2S. The quantitative estimate of drug-likeness (QED) is 0.862. The minimum absolute atomic E-state index is 0.0498. The molecule has 1 aliphatic heterocycles. The van der Waals surface area contributed by atoms with Gasteiger partial charge in [0, 0.05) is 30.2 Å². The van der Waals surface area contributed by atoms with Crippen LogP contribution >= 0.6 is 11.3 Å². The van der Waals surface area contributed by atoms with E-state index in [0.29, 0.717) is 19.6 Å². The van der Waals surface area contributed by atoms with Crippen molar-refractivity contribution in [3.63, 3.8) is 0 Å². The number of benzene rings is 1. The molecule has 1 saturated heterocycles. The number of piperidine rings is 1. The van der Waals surface area contributed by atoms with E-state index in [9.17, 15) is 9.59 Å². The molecule has 1 atom stereocenters. The van der Waals surface area contributed by atoms with Crippen LogP contribution in [-0.2, 0) is 11.2 Å². The first-order valence-electron chi connectivity index (χ1n) is 8.63. The smallest absolute Gasteiger partial charge is 0.321 e. The molecule has 1 aromatic carbocycles. The Morgan fingerprint density at radius 1 is 1.16 bits per heavy atom. The number of carbonyl (C=O) groups is 2. The number of hydrogen-bond acceptors (Lipinski definition) is 3. The third-order valence-electron chi connectivity index (χ3n) is 4.36. The Kier molecular flexibility index (Phi) is 6.06. The van der Waals surface area contributed by atoms with Crippen molar-refractivity contribution in [1.29, 1.82) is 0 Å². The number of carbonyl (C=O) groups excluding carboxylic acids is 2. The zero-order valence-corrected chi connectivity index (χ0v) is 14.9. The third kappa shape index (κ3) is 5.06. The van der Waals surface area contributed by atoms with E-state index in [1.807, 2.05) is 41.8 Å². The molecule has 6 heteroatoms. The molecule has 3 amide bonds. The number of hydrogen-bond donors (Lipinski definition) is 2. The van der Waals surface area contributed by atoms with Crippen LogP contribution in [0.25, 0.3) is 0 Å². The first-order valence-corrected chi connectivity index (χ1v) is 9.51. The highest BCUT2D eigenvalue weighted by Gasteiger charge is 2.28. The minimum atomic E-state index is -0.137. The summed E-state index contributed by atoms with van der Waals surface area (Å²) in [7, 11) is 0. The summed E-state index contributed by atoms with van der Waals surface area (Å²) in [5, 5.41) is 7.94. The van der Waals surface area contributed by atoms with Gasteiger partial charge in [-0.15, -0.1) is 11.3 Å². The zero-order chi connectivity index (χ0) is 17.5. The predicted molar refractivity (Wildman–Crippen MR) is 101 cm³/mol. The van der Waals surface area contributed by atoms with Gasteiger partial charge in [-0.1, -0.05) is 24.3 Å². The molecule has 132 valence electrons. The number of para-hydroxylation sites is 1. The van der Waals surface area contributed by atoms with Gasteiger partial charge in [-0.25, -0.2) is 4.79 Å². The molecule has 0 radical (unpaired) electrons. The van der Waals surface area contributed by atoms with Gasteiger partial charge in [0.1, 0.15) is 0 Å². The molecular weight excluding hydrogens is 334 g/mol. The van der Waals surface area contributed by atoms with Crippen molar-refractivity contribution in [3.8, 4) is 0 Å². The van der Waals surface area contributed by atoms with Gasteiger partial charge in [-0.2, -0.15) is 0 Å². The van der Waals surface area contributed by atoms with E-state index in [1.54, 1.807) is 16.2 Å². The molecule has 0 bridgehead atoms. The first-order chi connectivity index (χ1) is 12.2. The molecule has 5 nitrogen and oxygen atoms in total. The monoisotopic (exact) mass is 357 g/mol. The summed E-state index contributed by atoms with van der Waals surface area (Å²) in [5.74, 6) is -0.0765. The van der Waals surface area contributed by atoms with E-state index >= 15 is 0 Å². The summed E-state index contributed by atoms with van der Waals surface area (Å²) in [4.78, 5) is 27.8. The lowest BCUT2D eigenvalue weighted by atomic mass is 9.97. The normalized spacial score (nSPS) is 17.1. The zero-order valence-electron chi connectivity index (χ0n) is 14.1. The van der Waals surface area contributed by atoms with Gasteiger partial charge in [-0.3, -0.25) is 4.79 Å². The molecule has 3 rings (SSSR count). The summed E-state index contributed by atoms with van der Waals surface area (Å²) >= 11 is 1.70. The number of nitrogens with zero attached hydrogens (tertiary/aromatic N) is 1. The highest BCUT2D eigenvalue weighted by Crippen LogP contribution is 2.18. The van der Waals surface area contributed by atoms with Gasteiger partial charge >= 0.3 is 6.03 Å². The Morgan fingerprint density at radius 2 is 2.00 bits per heavy atom. The van der Waals surface area contributed by atoms with Crippen molar-refractivity contribution in [2.45, 2.75) is 19.3 Å². The van der Waals surface area contributed by atoms with E-state index in [1.165, 1.54) is 4.88 Å². The van der Waals surface area contributed by atoms with Gasteiger partial charge in [0.2, 0.25) is 5.91 Å². The van der Waals surface area contributed by atoms with Crippen molar-refractivity contribution in [2.75, 3.05) is 25.0 Å². The summed E-state index contributed by atoms with van der Waals surface area (Å²) in [6.07, 6.45) is 2.54. The fourth-order valence-corrected chi connectivity index (χ4v) is 3.72. The molecule has 1 aromatic heterocycles.